The Morgan fingerprint density at radius 1 is 1.61 bits per heavy atom. The van der Waals surface area contributed by atoms with E-state index in [1.165, 1.54) is 0 Å². The van der Waals surface area contributed by atoms with Gasteiger partial charge in [0.25, 0.3) is 5.91 Å². The topological polar surface area (TPSA) is 62.1 Å². The van der Waals surface area contributed by atoms with Crippen LogP contribution in [0.5, 0.6) is 5.75 Å². The lowest BCUT2D eigenvalue weighted by Crippen LogP contribution is -2.36. The molecule has 0 unspecified atom stereocenters. The van der Waals surface area contributed by atoms with Crippen molar-refractivity contribution in [3.8, 4) is 11.8 Å². The number of nitrogens with zero attached hydrogens (tertiary/aromatic N) is 1. The zero-order chi connectivity index (χ0) is 13.5. The third-order valence-corrected chi connectivity index (χ3v) is 2.42. The maximum atomic E-state index is 11.7. The third kappa shape index (κ3) is 4.22. The Labute approximate surface area is 114 Å². The summed E-state index contributed by atoms with van der Waals surface area (Å²) in [4.78, 5) is 11.7. The molecule has 1 amide bonds. The Balaban J connectivity index is 2.64. The highest BCUT2D eigenvalue weighted by atomic mass is 79.9. The molecule has 0 heterocycles. The van der Waals surface area contributed by atoms with E-state index in [1.807, 2.05) is 6.07 Å². The molecule has 1 aromatic carbocycles. The highest BCUT2D eigenvalue weighted by Crippen LogP contribution is 2.18. The summed E-state index contributed by atoms with van der Waals surface area (Å²) in [6.45, 7) is 5.58. The number of rotatable bonds is 5. The third-order valence-electron chi connectivity index (χ3n) is 2.13. The Morgan fingerprint density at radius 3 is 2.89 bits per heavy atom. The second kappa shape index (κ2) is 6.82. The first-order valence-corrected chi connectivity index (χ1v) is 6.10. The van der Waals surface area contributed by atoms with Crippen LogP contribution in [0.4, 0.5) is 0 Å². The number of carbonyl (C=O) groups is 1. The van der Waals surface area contributed by atoms with Crippen molar-refractivity contribution < 1.29 is 9.53 Å². The van der Waals surface area contributed by atoms with Crippen LogP contribution in [0.2, 0.25) is 0 Å². The molecule has 0 aliphatic heterocycles. The van der Waals surface area contributed by atoms with Gasteiger partial charge in [-0.3, -0.25) is 4.79 Å². The van der Waals surface area contributed by atoms with Crippen molar-refractivity contribution in [2.24, 2.45) is 0 Å². The summed E-state index contributed by atoms with van der Waals surface area (Å²) in [5.74, 6) is 0.142. The molecule has 1 rings (SSSR count). The van der Waals surface area contributed by atoms with Crippen LogP contribution in [0.1, 0.15) is 12.5 Å². The first kappa shape index (κ1) is 14.3. The normalized spacial score (nSPS) is 11.2. The fourth-order valence-corrected chi connectivity index (χ4v) is 1.37. The van der Waals surface area contributed by atoms with E-state index in [1.54, 1.807) is 31.2 Å². The SMILES string of the molecule is C=C(Br)CNC(=O)[C@H](C)Oc1ccccc1C#N. The number of halogens is 1. The lowest BCUT2D eigenvalue weighted by Gasteiger charge is -2.15. The second-order valence-corrected chi connectivity index (χ2v) is 4.72. The van der Waals surface area contributed by atoms with Crippen molar-refractivity contribution in [3.63, 3.8) is 0 Å². The van der Waals surface area contributed by atoms with Crippen LogP contribution in [-0.4, -0.2) is 18.6 Å². The smallest absolute Gasteiger partial charge is 0.261 e. The number of para-hydroxylation sites is 1. The van der Waals surface area contributed by atoms with Gasteiger partial charge >= 0.3 is 0 Å². The van der Waals surface area contributed by atoms with Gasteiger partial charge in [-0.2, -0.15) is 5.26 Å². The summed E-state index contributed by atoms with van der Waals surface area (Å²) in [6.07, 6.45) is -0.675. The van der Waals surface area contributed by atoms with Gasteiger partial charge in [-0.05, 0) is 19.1 Å². The van der Waals surface area contributed by atoms with E-state index in [4.69, 9.17) is 10.00 Å². The first-order chi connectivity index (χ1) is 8.54. The molecule has 1 N–H and O–H groups in total. The van der Waals surface area contributed by atoms with Crippen LogP contribution in [-0.2, 0) is 4.79 Å². The van der Waals surface area contributed by atoms with Crippen LogP contribution in [0.3, 0.4) is 0 Å². The van der Waals surface area contributed by atoms with Gasteiger partial charge in [0.05, 0.1) is 5.56 Å². The van der Waals surface area contributed by atoms with Crippen molar-refractivity contribution in [1.82, 2.24) is 5.32 Å². The van der Waals surface area contributed by atoms with E-state index in [9.17, 15) is 4.79 Å². The largest absolute Gasteiger partial charge is 0.480 e. The molecule has 5 heteroatoms. The minimum Gasteiger partial charge on any atom is -0.480 e. The van der Waals surface area contributed by atoms with Crippen LogP contribution in [0.15, 0.2) is 35.3 Å². The average Bonchev–Trinajstić information content (AvgIpc) is 2.36. The molecule has 0 saturated heterocycles. The quantitative estimate of drug-likeness (QED) is 0.908. The minimum absolute atomic E-state index is 0.261. The van der Waals surface area contributed by atoms with Gasteiger partial charge in [0.1, 0.15) is 11.8 Å². The summed E-state index contributed by atoms with van der Waals surface area (Å²) in [7, 11) is 0. The van der Waals surface area contributed by atoms with Gasteiger partial charge in [-0.15, -0.1) is 0 Å². The predicted octanol–water partition coefficient (Wildman–Crippen LogP) is 2.35. The van der Waals surface area contributed by atoms with Gasteiger partial charge < -0.3 is 10.1 Å². The molecule has 0 saturated carbocycles. The van der Waals surface area contributed by atoms with Crippen molar-refractivity contribution in [3.05, 3.63) is 40.9 Å². The van der Waals surface area contributed by atoms with Crippen molar-refractivity contribution in [2.45, 2.75) is 13.0 Å². The number of amides is 1. The van der Waals surface area contributed by atoms with E-state index in [2.05, 4.69) is 27.8 Å². The molecule has 0 aromatic heterocycles. The number of hydrogen-bond donors (Lipinski definition) is 1. The Kier molecular flexibility index (Phi) is 5.40. The Bertz CT molecular complexity index is 494. The zero-order valence-corrected chi connectivity index (χ0v) is 11.5. The van der Waals surface area contributed by atoms with Gasteiger partial charge in [0.15, 0.2) is 6.10 Å². The molecular weight excluding hydrogens is 296 g/mol. The summed E-state index contributed by atoms with van der Waals surface area (Å²) in [5.41, 5.74) is 0.405. The van der Waals surface area contributed by atoms with Crippen LogP contribution in [0.25, 0.3) is 0 Å². The standard InChI is InChI=1S/C13H13BrN2O2/c1-9(14)8-16-13(17)10(2)18-12-6-4-3-5-11(12)7-15/h3-6,10H,1,8H2,2H3,(H,16,17)/t10-/m0/s1. The Hall–Kier alpha value is -1.80. The molecule has 0 bridgehead atoms. The van der Waals surface area contributed by atoms with Gasteiger partial charge in [0.2, 0.25) is 0 Å². The second-order valence-electron chi connectivity index (χ2n) is 3.60. The number of nitriles is 1. The minimum atomic E-state index is -0.675. The first-order valence-electron chi connectivity index (χ1n) is 5.31. The van der Waals surface area contributed by atoms with Gasteiger partial charge in [-0.1, -0.05) is 34.6 Å². The fraction of sp³-hybridized carbons (Fsp3) is 0.231. The number of benzene rings is 1. The molecule has 0 radical (unpaired) electrons. The van der Waals surface area contributed by atoms with Gasteiger partial charge in [-0.25, -0.2) is 0 Å². The molecule has 4 nitrogen and oxygen atoms in total. The summed E-state index contributed by atoms with van der Waals surface area (Å²) in [5, 5.41) is 11.5. The lowest BCUT2D eigenvalue weighted by molar-refractivity contribution is -0.127. The summed E-state index contributed by atoms with van der Waals surface area (Å²) < 4.78 is 6.13. The molecule has 0 fully saturated rings. The van der Waals surface area contributed by atoms with Gasteiger partial charge in [0, 0.05) is 11.0 Å². The number of carbonyl (C=O) groups excluding carboxylic acids is 1. The maximum absolute atomic E-state index is 11.7. The van der Waals surface area contributed by atoms with Crippen molar-refractivity contribution in [2.75, 3.05) is 6.54 Å². The van der Waals surface area contributed by atoms with Crippen LogP contribution in [0, 0.1) is 11.3 Å². The van der Waals surface area contributed by atoms with Crippen LogP contribution < -0.4 is 10.1 Å². The van der Waals surface area contributed by atoms with E-state index >= 15 is 0 Å². The zero-order valence-electron chi connectivity index (χ0n) is 9.94. The van der Waals surface area contributed by atoms with Crippen LogP contribution >= 0.6 is 15.9 Å². The van der Waals surface area contributed by atoms with Crippen molar-refractivity contribution >= 4 is 21.8 Å². The summed E-state index contributed by atoms with van der Waals surface area (Å²) in [6, 6.07) is 8.80. The molecule has 1 atom stereocenters. The monoisotopic (exact) mass is 308 g/mol. The molecule has 18 heavy (non-hydrogen) atoms. The molecule has 0 aliphatic carbocycles. The fourth-order valence-electron chi connectivity index (χ4n) is 1.23. The summed E-state index contributed by atoms with van der Waals surface area (Å²) >= 11 is 3.15. The molecule has 1 aromatic rings. The Morgan fingerprint density at radius 2 is 2.28 bits per heavy atom. The van der Waals surface area contributed by atoms with E-state index < -0.39 is 6.10 Å². The highest BCUT2D eigenvalue weighted by molar-refractivity contribution is 9.11. The number of ether oxygens (including phenoxy) is 1. The maximum Gasteiger partial charge on any atom is 0.261 e. The highest BCUT2D eigenvalue weighted by Gasteiger charge is 2.15. The molecular formula is C13H13BrN2O2. The van der Waals surface area contributed by atoms with Crippen molar-refractivity contribution in [1.29, 1.82) is 5.26 Å². The average molecular weight is 309 g/mol. The lowest BCUT2D eigenvalue weighted by atomic mass is 10.2. The van der Waals surface area contributed by atoms with E-state index in [0.717, 1.165) is 0 Å². The predicted molar refractivity (Wildman–Crippen MR) is 72.3 cm³/mol. The number of nitrogens with one attached hydrogen (secondary N) is 1. The van der Waals surface area contributed by atoms with E-state index in [0.29, 0.717) is 22.3 Å². The number of hydrogen-bond acceptors (Lipinski definition) is 3. The molecule has 0 aliphatic rings. The van der Waals surface area contributed by atoms with E-state index in [-0.39, 0.29) is 5.91 Å². The molecule has 0 spiro atoms. The molecule has 94 valence electrons.